The Hall–Kier alpha value is -3.26. The number of carbonyl (C=O) groups excluding carboxylic acids is 1. The van der Waals surface area contributed by atoms with Gasteiger partial charge in [-0.1, -0.05) is 54.1 Å². The van der Waals surface area contributed by atoms with E-state index in [1.807, 2.05) is 24.3 Å². The lowest BCUT2D eigenvalue weighted by Crippen LogP contribution is -2.46. The number of non-ortho nitro benzene ring substituents is 1. The number of ether oxygens (including phenoxy) is 1. The molecule has 0 saturated heterocycles. The van der Waals surface area contributed by atoms with Crippen LogP contribution in [-0.2, 0) is 17.0 Å². The van der Waals surface area contributed by atoms with Crippen molar-refractivity contribution in [3.8, 4) is 0 Å². The van der Waals surface area contributed by atoms with E-state index in [1.165, 1.54) is 12.1 Å². The van der Waals surface area contributed by atoms with Crippen LogP contribution in [0.3, 0.4) is 0 Å². The zero-order valence-electron chi connectivity index (χ0n) is 17.1. The van der Waals surface area contributed by atoms with Crippen molar-refractivity contribution < 1.29 is 19.6 Å². The lowest BCUT2D eigenvalue weighted by molar-refractivity contribution is -0.384. The predicted octanol–water partition coefficient (Wildman–Crippen LogP) is 4.50. The average molecular weight is 453 g/mol. The van der Waals surface area contributed by atoms with Crippen LogP contribution >= 0.6 is 11.6 Å². The van der Waals surface area contributed by atoms with Crippen LogP contribution in [0.15, 0.2) is 72.8 Å². The zero-order valence-corrected chi connectivity index (χ0v) is 17.9. The van der Waals surface area contributed by atoms with E-state index in [2.05, 4.69) is 0 Å². The summed E-state index contributed by atoms with van der Waals surface area (Å²) in [5.74, 6) is -0.210. The number of nitro groups is 1. The predicted molar refractivity (Wildman–Crippen MR) is 119 cm³/mol. The molecule has 0 radical (unpaired) electrons. The van der Waals surface area contributed by atoms with E-state index in [1.54, 1.807) is 41.3 Å². The van der Waals surface area contributed by atoms with E-state index in [-0.39, 0.29) is 31.4 Å². The SMILES string of the molecule is O=C1c2ccccc2C(OCCCO)(c2ccc(Cl)cc2)N1Cc1ccc([N+](=O)[O-])cc1. The molecule has 3 aromatic carbocycles. The van der Waals surface area contributed by atoms with Gasteiger partial charge in [0, 0.05) is 47.0 Å². The summed E-state index contributed by atoms with van der Waals surface area (Å²) >= 11 is 6.12. The fourth-order valence-electron chi connectivity index (χ4n) is 4.00. The highest BCUT2D eigenvalue weighted by atomic mass is 35.5. The number of carbonyl (C=O) groups is 1. The first-order valence-electron chi connectivity index (χ1n) is 10.1. The molecule has 0 bridgehead atoms. The Morgan fingerprint density at radius 3 is 2.38 bits per heavy atom. The minimum Gasteiger partial charge on any atom is -0.396 e. The third-order valence-electron chi connectivity index (χ3n) is 5.48. The summed E-state index contributed by atoms with van der Waals surface area (Å²) in [4.78, 5) is 25.7. The molecule has 7 nitrogen and oxygen atoms in total. The highest BCUT2D eigenvalue weighted by Crippen LogP contribution is 2.46. The van der Waals surface area contributed by atoms with Crippen molar-refractivity contribution in [1.29, 1.82) is 0 Å². The third kappa shape index (κ3) is 3.86. The van der Waals surface area contributed by atoms with Crippen LogP contribution in [0.1, 0.15) is 33.5 Å². The number of fused-ring (bicyclic) bond motifs is 1. The first-order valence-corrected chi connectivity index (χ1v) is 10.5. The van der Waals surface area contributed by atoms with Crippen LogP contribution in [0, 0.1) is 10.1 Å². The minimum absolute atomic E-state index is 0.0204. The molecule has 1 atom stereocenters. The van der Waals surface area contributed by atoms with Gasteiger partial charge in [-0.15, -0.1) is 0 Å². The number of aliphatic hydroxyl groups is 1. The molecule has 4 rings (SSSR count). The fraction of sp³-hybridized carbons (Fsp3) is 0.208. The fourth-order valence-corrected chi connectivity index (χ4v) is 4.12. The van der Waals surface area contributed by atoms with E-state index >= 15 is 0 Å². The second-order valence-corrected chi connectivity index (χ2v) is 7.87. The van der Waals surface area contributed by atoms with E-state index in [9.17, 15) is 20.0 Å². The Bertz CT molecular complexity index is 1130. The highest BCUT2D eigenvalue weighted by molar-refractivity contribution is 6.30. The lowest BCUT2D eigenvalue weighted by atomic mass is 9.93. The maximum Gasteiger partial charge on any atom is 0.269 e. The van der Waals surface area contributed by atoms with Crippen molar-refractivity contribution in [3.05, 3.63) is 110 Å². The molecule has 0 fully saturated rings. The summed E-state index contributed by atoms with van der Waals surface area (Å²) in [5, 5.41) is 20.9. The Labute approximate surface area is 190 Å². The van der Waals surface area contributed by atoms with E-state index in [0.717, 1.165) is 11.1 Å². The molecule has 32 heavy (non-hydrogen) atoms. The number of hydrogen-bond donors (Lipinski definition) is 1. The van der Waals surface area contributed by atoms with Crippen molar-refractivity contribution >= 4 is 23.2 Å². The van der Waals surface area contributed by atoms with Gasteiger partial charge >= 0.3 is 0 Å². The van der Waals surface area contributed by atoms with Crippen LogP contribution in [0.25, 0.3) is 0 Å². The monoisotopic (exact) mass is 452 g/mol. The molecule has 8 heteroatoms. The average Bonchev–Trinajstić information content (AvgIpc) is 3.04. The van der Waals surface area contributed by atoms with Crippen LogP contribution < -0.4 is 0 Å². The molecule has 1 N–H and O–H groups in total. The second kappa shape index (κ2) is 9.08. The molecular formula is C24H21ClN2O5. The first kappa shape index (κ1) is 22.0. The third-order valence-corrected chi connectivity index (χ3v) is 5.74. The molecule has 0 saturated carbocycles. The smallest absolute Gasteiger partial charge is 0.269 e. The molecule has 0 spiro atoms. The van der Waals surface area contributed by atoms with Crippen molar-refractivity contribution in [2.45, 2.75) is 18.7 Å². The largest absolute Gasteiger partial charge is 0.396 e. The highest BCUT2D eigenvalue weighted by Gasteiger charge is 2.52. The Kier molecular flexibility index (Phi) is 6.23. The molecule has 0 aromatic heterocycles. The zero-order chi connectivity index (χ0) is 22.7. The summed E-state index contributed by atoms with van der Waals surface area (Å²) < 4.78 is 6.39. The lowest BCUT2D eigenvalue weighted by Gasteiger charge is -2.39. The van der Waals surface area contributed by atoms with Crippen molar-refractivity contribution in [2.75, 3.05) is 13.2 Å². The van der Waals surface area contributed by atoms with Gasteiger partial charge in [-0.3, -0.25) is 19.8 Å². The number of nitrogens with zero attached hydrogens (tertiary/aromatic N) is 2. The van der Waals surface area contributed by atoms with Crippen molar-refractivity contribution in [3.63, 3.8) is 0 Å². The van der Waals surface area contributed by atoms with Gasteiger partial charge < -0.3 is 9.84 Å². The van der Waals surface area contributed by atoms with E-state index < -0.39 is 10.6 Å². The Morgan fingerprint density at radius 2 is 1.72 bits per heavy atom. The molecule has 3 aromatic rings. The molecule has 1 heterocycles. The molecule has 0 aliphatic carbocycles. The van der Waals surface area contributed by atoms with Gasteiger partial charge in [-0.25, -0.2) is 0 Å². The first-order chi connectivity index (χ1) is 15.5. The van der Waals surface area contributed by atoms with Gasteiger partial charge in [0.05, 0.1) is 11.5 Å². The van der Waals surface area contributed by atoms with Crippen molar-refractivity contribution in [1.82, 2.24) is 4.90 Å². The summed E-state index contributed by atoms with van der Waals surface area (Å²) in [6.45, 7) is 0.347. The van der Waals surface area contributed by atoms with Gasteiger partial charge in [0.2, 0.25) is 0 Å². The van der Waals surface area contributed by atoms with Crippen LogP contribution in [0.5, 0.6) is 0 Å². The number of aliphatic hydroxyl groups excluding tert-OH is 1. The maximum absolute atomic E-state index is 13.5. The van der Waals surface area contributed by atoms with Crippen molar-refractivity contribution in [2.24, 2.45) is 0 Å². The molecular weight excluding hydrogens is 432 g/mol. The Balaban J connectivity index is 1.84. The number of nitro benzene ring substituents is 1. The van der Waals surface area contributed by atoms with Gasteiger partial charge in [-0.2, -0.15) is 0 Å². The standard InChI is InChI=1S/C24H21ClN2O5/c25-19-10-8-18(9-11-19)24(32-15-3-14-28)22-5-2-1-4-21(22)23(29)26(24)16-17-6-12-20(13-7-17)27(30)31/h1-2,4-13,28H,3,14-16H2. The van der Waals surface area contributed by atoms with Crippen LogP contribution in [0.4, 0.5) is 5.69 Å². The molecule has 1 unspecified atom stereocenters. The quantitative estimate of drug-likeness (QED) is 0.308. The van der Waals surface area contributed by atoms with Gasteiger partial charge in [-0.05, 0) is 30.2 Å². The summed E-state index contributed by atoms with van der Waals surface area (Å²) in [6.07, 6.45) is 0.400. The van der Waals surface area contributed by atoms with Gasteiger partial charge in [0.1, 0.15) is 0 Å². The maximum atomic E-state index is 13.5. The van der Waals surface area contributed by atoms with Gasteiger partial charge in [0.25, 0.3) is 11.6 Å². The topological polar surface area (TPSA) is 92.9 Å². The van der Waals surface area contributed by atoms with Crippen LogP contribution in [0.2, 0.25) is 5.02 Å². The number of hydrogen-bond acceptors (Lipinski definition) is 5. The number of benzene rings is 3. The van der Waals surface area contributed by atoms with Crippen LogP contribution in [-0.4, -0.2) is 34.1 Å². The molecule has 1 aliphatic rings. The normalized spacial score (nSPS) is 17.4. The number of halogens is 1. The van der Waals surface area contributed by atoms with Gasteiger partial charge in [0.15, 0.2) is 5.72 Å². The molecule has 1 aliphatic heterocycles. The molecule has 1 amide bonds. The Morgan fingerprint density at radius 1 is 1.03 bits per heavy atom. The summed E-state index contributed by atoms with van der Waals surface area (Å²) in [6, 6.07) is 20.5. The van der Waals surface area contributed by atoms with E-state index in [0.29, 0.717) is 22.6 Å². The number of amides is 1. The summed E-state index contributed by atoms with van der Waals surface area (Å²) in [7, 11) is 0. The number of rotatable bonds is 8. The minimum atomic E-state index is -1.23. The second-order valence-electron chi connectivity index (χ2n) is 7.44. The molecule has 164 valence electrons. The van der Waals surface area contributed by atoms with E-state index in [4.69, 9.17) is 16.3 Å². The summed E-state index contributed by atoms with van der Waals surface area (Å²) in [5.41, 5.74) is 1.42.